The molecule has 1 heterocycles. The number of fused-ring (bicyclic) bond motifs is 1. The van der Waals surface area contributed by atoms with Gasteiger partial charge in [-0.25, -0.2) is 4.79 Å². The first-order chi connectivity index (χ1) is 9.67. The number of methoxy groups -OCH3 is 1. The number of rotatable bonds is 2. The molecule has 0 aromatic heterocycles. The van der Waals surface area contributed by atoms with Gasteiger partial charge in [0.2, 0.25) is 6.79 Å². The summed E-state index contributed by atoms with van der Waals surface area (Å²) in [5.74, 6) is 0.981. The van der Waals surface area contributed by atoms with Crippen LogP contribution in [0.3, 0.4) is 0 Å². The number of carbonyl (C=O) groups excluding carboxylic acids is 1. The molecule has 0 radical (unpaired) electrons. The van der Waals surface area contributed by atoms with E-state index in [4.69, 9.17) is 19.9 Å². The van der Waals surface area contributed by atoms with Crippen molar-refractivity contribution in [2.75, 3.05) is 19.6 Å². The van der Waals surface area contributed by atoms with E-state index in [9.17, 15) is 4.79 Å². The van der Waals surface area contributed by atoms with Crippen molar-refractivity contribution in [3.8, 4) is 22.6 Å². The van der Waals surface area contributed by atoms with E-state index in [2.05, 4.69) is 0 Å². The summed E-state index contributed by atoms with van der Waals surface area (Å²) in [5, 5.41) is 0. The zero-order valence-electron chi connectivity index (χ0n) is 10.9. The number of carbonyl (C=O) groups is 1. The molecule has 3 rings (SSSR count). The van der Waals surface area contributed by atoms with Gasteiger partial charge in [-0.15, -0.1) is 0 Å². The first-order valence-electron chi connectivity index (χ1n) is 6.06. The SMILES string of the molecule is COC(=O)c1cc(N)cc(-c2ccc3c(c2)OCO3)c1. The molecule has 5 heteroatoms. The number of hydrogen-bond donors (Lipinski definition) is 1. The molecule has 0 spiro atoms. The minimum absolute atomic E-state index is 0.225. The van der Waals surface area contributed by atoms with Crippen molar-refractivity contribution in [3.63, 3.8) is 0 Å². The zero-order valence-corrected chi connectivity index (χ0v) is 10.9. The Labute approximate surface area is 115 Å². The normalized spacial score (nSPS) is 12.2. The molecule has 2 N–H and O–H groups in total. The molecule has 0 saturated heterocycles. The van der Waals surface area contributed by atoms with Crippen LogP contribution in [0.5, 0.6) is 11.5 Å². The minimum Gasteiger partial charge on any atom is -0.465 e. The van der Waals surface area contributed by atoms with E-state index in [1.54, 1.807) is 18.2 Å². The van der Waals surface area contributed by atoms with Gasteiger partial charge in [-0.2, -0.15) is 0 Å². The second-order valence-electron chi connectivity index (χ2n) is 4.40. The Balaban J connectivity index is 2.05. The topological polar surface area (TPSA) is 70.8 Å². The second kappa shape index (κ2) is 4.77. The molecule has 0 bridgehead atoms. The smallest absolute Gasteiger partial charge is 0.337 e. The van der Waals surface area contributed by atoms with Crippen molar-refractivity contribution >= 4 is 11.7 Å². The lowest BCUT2D eigenvalue weighted by Gasteiger charge is -2.07. The third-order valence-electron chi connectivity index (χ3n) is 3.08. The van der Waals surface area contributed by atoms with Crippen LogP contribution < -0.4 is 15.2 Å². The average Bonchev–Trinajstić information content (AvgIpc) is 2.93. The highest BCUT2D eigenvalue weighted by Gasteiger charge is 2.15. The van der Waals surface area contributed by atoms with E-state index < -0.39 is 5.97 Å². The highest BCUT2D eigenvalue weighted by Crippen LogP contribution is 2.36. The van der Waals surface area contributed by atoms with Crippen LogP contribution in [0.25, 0.3) is 11.1 Å². The number of anilines is 1. The maximum Gasteiger partial charge on any atom is 0.337 e. The van der Waals surface area contributed by atoms with Crippen molar-refractivity contribution in [1.82, 2.24) is 0 Å². The summed E-state index contributed by atoms with van der Waals surface area (Å²) < 4.78 is 15.3. The lowest BCUT2D eigenvalue weighted by Crippen LogP contribution is -2.02. The van der Waals surface area contributed by atoms with Crippen LogP contribution in [0, 0.1) is 0 Å². The Bertz CT molecular complexity index is 682. The second-order valence-corrected chi connectivity index (χ2v) is 4.40. The maximum atomic E-state index is 11.6. The van der Waals surface area contributed by atoms with Crippen molar-refractivity contribution in [3.05, 3.63) is 42.0 Å². The molecule has 102 valence electrons. The predicted molar refractivity (Wildman–Crippen MR) is 73.8 cm³/mol. The van der Waals surface area contributed by atoms with Crippen molar-refractivity contribution in [2.24, 2.45) is 0 Å². The minimum atomic E-state index is -0.417. The van der Waals surface area contributed by atoms with E-state index in [-0.39, 0.29) is 6.79 Å². The number of nitrogens with two attached hydrogens (primary N) is 1. The molecular formula is C15H13NO4. The quantitative estimate of drug-likeness (QED) is 0.671. The van der Waals surface area contributed by atoms with Crippen molar-refractivity contribution in [2.45, 2.75) is 0 Å². The van der Waals surface area contributed by atoms with Crippen LogP contribution in [0.4, 0.5) is 5.69 Å². The third-order valence-corrected chi connectivity index (χ3v) is 3.08. The largest absolute Gasteiger partial charge is 0.465 e. The van der Waals surface area contributed by atoms with Gasteiger partial charge in [-0.3, -0.25) is 0 Å². The molecule has 1 aliphatic rings. The Morgan fingerprint density at radius 1 is 1.10 bits per heavy atom. The summed E-state index contributed by atoms with van der Waals surface area (Å²) in [7, 11) is 1.34. The number of benzene rings is 2. The summed E-state index contributed by atoms with van der Waals surface area (Å²) in [6.45, 7) is 0.225. The Kier molecular flexibility index (Phi) is 2.95. The van der Waals surface area contributed by atoms with Gasteiger partial charge in [0.25, 0.3) is 0 Å². The van der Waals surface area contributed by atoms with Crippen LogP contribution in [0.2, 0.25) is 0 Å². The van der Waals surface area contributed by atoms with Crippen LogP contribution in [0.15, 0.2) is 36.4 Å². The van der Waals surface area contributed by atoms with Crippen LogP contribution in [-0.2, 0) is 4.74 Å². The van der Waals surface area contributed by atoms with Crippen LogP contribution in [-0.4, -0.2) is 19.9 Å². The van der Waals surface area contributed by atoms with E-state index in [0.29, 0.717) is 22.7 Å². The highest BCUT2D eigenvalue weighted by molar-refractivity contribution is 5.92. The van der Waals surface area contributed by atoms with Gasteiger partial charge >= 0.3 is 5.97 Å². The van der Waals surface area contributed by atoms with Gasteiger partial charge in [0, 0.05) is 5.69 Å². The van der Waals surface area contributed by atoms with Crippen LogP contribution in [0.1, 0.15) is 10.4 Å². The summed E-state index contributed by atoms with van der Waals surface area (Å²) in [6.07, 6.45) is 0. The number of hydrogen-bond acceptors (Lipinski definition) is 5. The van der Waals surface area contributed by atoms with Gasteiger partial charge in [0.1, 0.15) is 0 Å². The third kappa shape index (κ3) is 2.14. The molecule has 0 fully saturated rings. The number of ether oxygens (including phenoxy) is 3. The van der Waals surface area contributed by atoms with Gasteiger partial charge in [-0.1, -0.05) is 6.07 Å². The average molecular weight is 271 g/mol. The molecule has 20 heavy (non-hydrogen) atoms. The lowest BCUT2D eigenvalue weighted by molar-refractivity contribution is 0.0601. The molecule has 0 saturated carbocycles. The summed E-state index contributed by atoms with van der Waals surface area (Å²) in [6, 6.07) is 10.7. The number of nitrogen functional groups attached to an aromatic ring is 1. The monoisotopic (exact) mass is 271 g/mol. The molecular weight excluding hydrogens is 258 g/mol. The van der Waals surface area contributed by atoms with Gasteiger partial charge in [-0.05, 0) is 41.5 Å². The van der Waals surface area contributed by atoms with Gasteiger partial charge in [0.05, 0.1) is 12.7 Å². The van der Waals surface area contributed by atoms with Crippen LogP contribution >= 0.6 is 0 Å². The molecule has 5 nitrogen and oxygen atoms in total. The number of esters is 1. The fraction of sp³-hybridized carbons (Fsp3) is 0.133. The van der Waals surface area contributed by atoms with E-state index in [1.165, 1.54) is 7.11 Å². The fourth-order valence-electron chi connectivity index (χ4n) is 2.13. The molecule has 2 aromatic rings. The predicted octanol–water partition coefficient (Wildman–Crippen LogP) is 2.45. The lowest BCUT2D eigenvalue weighted by atomic mass is 10.0. The van der Waals surface area contributed by atoms with E-state index >= 15 is 0 Å². The molecule has 0 unspecified atom stereocenters. The molecule has 2 aromatic carbocycles. The van der Waals surface area contributed by atoms with Gasteiger partial charge in [0.15, 0.2) is 11.5 Å². The van der Waals surface area contributed by atoms with Crippen molar-refractivity contribution < 1.29 is 19.0 Å². The maximum absolute atomic E-state index is 11.6. The molecule has 0 atom stereocenters. The van der Waals surface area contributed by atoms with E-state index in [1.807, 2.05) is 18.2 Å². The highest BCUT2D eigenvalue weighted by atomic mass is 16.7. The Morgan fingerprint density at radius 3 is 2.70 bits per heavy atom. The molecule has 1 aliphatic heterocycles. The van der Waals surface area contributed by atoms with Gasteiger partial charge < -0.3 is 19.9 Å². The summed E-state index contributed by atoms with van der Waals surface area (Å²) in [5.41, 5.74) is 8.47. The van der Waals surface area contributed by atoms with E-state index in [0.717, 1.165) is 11.1 Å². The first-order valence-corrected chi connectivity index (χ1v) is 6.06. The Morgan fingerprint density at radius 2 is 1.90 bits per heavy atom. The Hall–Kier alpha value is -2.69. The standard InChI is InChI=1S/C15H13NO4/c1-18-15(17)11-4-10(5-12(16)6-11)9-2-3-13-14(7-9)20-8-19-13/h2-7H,8,16H2,1H3. The zero-order chi connectivity index (χ0) is 14.1. The fourth-order valence-corrected chi connectivity index (χ4v) is 2.13. The first kappa shape index (κ1) is 12.3. The molecule has 0 amide bonds. The molecule has 0 aliphatic carbocycles. The summed E-state index contributed by atoms with van der Waals surface area (Å²) in [4.78, 5) is 11.6. The summed E-state index contributed by atoms with van der Waals surface area (Å²) >= 11 is 0. The van der Waals surface area contributed by atoms with Crippen molar-refractivity contribution in [1.29, 1.82) is 0 Å².